The Morgan fingerprint density at radius 1 is 1.23 bits per heavy atom. The minimum absolute atomic E-state index is 0.0424. The Morgan fingerprint density at radius 3 is 2.62 bits per heavy atom. The van der Waals surface area contributed by atoms with Gasteiger partial charge in [-0.05, 0) is 37.1 Å². The van der Waals surface area contributed by atoms with Gasteiger partial charge in [-0.25, -0.2) is 14.1 Å². The van der Waals surface area contributed by atoms with E-state index in [2.05, 4.69) is 10.1 Å². The molecule has 26 heavy (non-hydrogen) atoms. The number of amides is 1. The average molecular weight is 352 g/mol. The Hall–Kier alpha value is -3.02. The summed E-state index contributed by atoms with van der Waals surface area (Å²) >= 11 is 0. The van der Waals surface area contributed by atoms with Crippen molar-refractivity contribution in [3.8, 4) is 5.69 Å². The van der Waals surface area contributed by atoms with E-state index in [1.54, 1.807) is 17.0 Å². The monoisotopic (exact) mass is 352 g/mol. The normalized spacial score (nSPS) is 12.0. The van der Waals surface area contributed by atoms with Crippen LogP contribution in [-0.2, 0) is 6.54 Å². The number of benzene rings is 2. The molecule has 0 aliphatic heterocycles. The Bertz CT molecular complexity index is 865. The highest BCUT2D eigenvalue weighted by atomic mass is 19.1. The van der Waals surface area contributed by atoms with Crippen LogP contribution in [0.3, 0.4) is 0 Å². The predicted octanol–water partition coefficient (Wildman–Crippen LogP) is 3.85. The van der Waals surface area contributed by atoms with Crippen LogP contribution in [-0.4, -0.2) is 31.6 Å². The number of aromatic nitrogens is 3. The van der Waals surface area contributed by atoms with Crippen molar-refractivity contribution in [1.29, 1.82) is 0 Å². The minimum Gasteiger partial charge on any atom is -0.332 e. The zero-order valence-corrected chi connectivity index (χ0v) is 14.8. The molecule has 0 saturated heterocycles. The highest BCUT2D eigenvalue weighted by Crippen LogP contribution is 2.19. The number of hydrogen-bond acceptors (Lipinski definition) is 3. The average Bonchev–Trinajstić information content (AvgIpc) is 3.20. The van der Waals surface area contributed by atoms with Gasteiger partial charge in [0.2, 0.25) is 0 Å². The second kappa shape index (κ2) is 7.91. The van der Waals surface area contributed by atoms with Crippen LogP contribution >= 0.6 is 0 Å². The summed E-state index contributed by atoms with van der Waals surface area (Å²) in [5, 5.41) is 3.92. The summed E-state index contributed by atoms with van der Waals surface area (Å²) < 4.78 is 15.8. The maximum atomic E-state index is 14.5. The van der Waals surface area contributed by atoms with Gasteiger partial charge in [0.05, 0.1) is 0 Å². The molecule has 1 amide bonds. The summed E-state index contributed by atoms with van der Waals surface area (Å²) in [6, 6.07) is 14.3. The van der Waals surface area contributed by atoms with Crippen LogP contribution in [0.15, 0.2) is 61.2 Å². The predicted molar refractivity (Wildman–Crippen MR) is 97.4 cm³/mol. The number of hydrogen-bond donors (Lipinski definition) is 0. The highest BCUT2D eigenvalue weighted by Gasteiger charge is 2.22. The SMILES string of the molecule is CC[C@@H](C)N(Cc1ccccc1)C(=O)c1ccc(-n2cncn2)c(F)c1. The summed E-state index contributed by atoms with van der Waals surface area (Å²) in [5.74, 6) is -0.697. The summed E-state index contributed by atoms with van der Waals surface area (Å²) in [4.78, 5) is 18.6. The molecule has 0 bridgehead atoms. The van der Waals surface area contributed by atoms with Gasteiger partial charge in [-0.1, -0.05) is 37.3 Å². The molecule has 0 fully saturated rings. The summed E-state index contributed by atoms with van der Waals surface area (Å²) in [6.07, 6.45) is 3.57. The smallest absolute Gasteiger partial charge is 0.254 e. The molecule has 1 aromatic heterocycles. The maximum Gasteiger partial charge on any atom is 0.254 e. The lowest BCUT2D eigenvalue weighted by atomic mass is 10.1. The van der Waals surface area contributed by atoms with Gasteiger partial charge in [0.1, 0.15) is 24.2 Å². The fraction of sp³-hybridized carbons (Fsp3) is 0.250. The van der Waals surface area contributed by atoms with Gasteiger partial charge in [0.15, 0.2) is 0 Å². The van der Waals surface area contributed by atoms with Crippen LogP contribution in [0, 0.1) is 5.82 Å². The van der Waals surface area contributed by atoms with Gasteiger partial charge in [0.25, 0.3) is 5.91 Å². The molecule has 0 spiro atoms. The van der Waals surface area contributed by atoms with Crippen LogP contribution in [0.2, 0.25) is 0 Å². The van der Waals surface area contributed by atoms with E-state index in [0.717, 1.165) is 12.0 Å². The molecule has 1 atom stereocenters. The van der Waals surface area contributed by atoms with Crippen LogP contribution in [0.5, 0.6) is 0 Å². The fourth-order valence-corrected chi connectivity index (χ4v) is 2.75. The van der Waals surface area contributed by atoms with E-state index in [-0.39, 0.29) is 17.6 Å². The van der Waals surface area contributed by atoms with Gasteiger partial charge < -0.3 is 4.90 Å². The fourth-order valence-electron chi connectivity index (χ4n) is 2.75. The Morgan fingerprint density at radius 2 is 2.00 bits per heavy atom. The standard InChI is InChI=1S/C20H21FN4O/c1-3-15(2)24(12-16-7-5-4-6-8-16)20(26)17-9-10-19(18(21)11-17)25-14-22-13-23-25/h4-11,13-15H,3,12H2,1-2H3/t15-/m1/s1. The first kappa shape index (κ1) is 17.8. The molecule has 0 aliphatic rings. The van der Waals surface area contributed by atoms with Crippen molar-refractivity contribution >= 4 is 5.91 Å². The number of carbonyl (C=O) groups is 1. The third kappa shape index (κ3) is 3.79. The molecule has 3 rings (SSSR count). The van der Waals surface area contributed by atoms with Gasteiger partial charge >= 0.3 is 0 Å². The molecule has 2 aromatic carbocycles. The zero-order valence-electron chi connectivity index (χ0n) is 14.8. The van der Waals surface area contributed by atoms with Crippen molar-refractivity contribution in [1.82, 2.24) is 19.7 Å². The quantitative estimate of drug-likeness (QED) is 0.677. The second-order valence-electron chi connectivity index (χ2n) is 6.18. The Balaban J connectivity index is 1.88. The van der Waals surface area contributed by atoms with E-state index in [4.69, 9.17) is 0 Å². The van der Waals surface area contributed by atoms with Crippen molar-refractivity contribution in [3.05, 3.63) is 78.1 Å². The lowest BCUT2D eigenvalue weighted by Crippen LogP contribution is -2.37. The minimum atomic E-state index is -0.509. The van der Waals surface area contributed by atoms with Crippen molar-refractivity contribution in [2.45, 2.75) is 32.9 Å². The Labute approximate surface area is 152 Å². The molecular formula is C20H21FN4O. The topological polar surface area (TPSA) is 51.0 Å². The van der Waals surface area contributed by atoms with E-state index in [1.807, 2.05) is 44.2 Å². The lowest BCUT2D eigenvalue weighted by molar-refractivity contribution is 0.0671. The van der Waals surface area contributed by atoms with Gasteiger partial charge in [0, 0.05) is 18.2 Å². The van der Waals surface area contributed by atoms with Gasteiger partial charge in [-0.3, -0.25) is 4.79 Å². The van der Waals surface area contributed by atoms with E-state index < -0.39 is 5.82 Å². The molecule has 6 heteroatoms. The first-order chi connectivity index (χ1) is 12.6. The van der Waals surface area contributed by atoms with Gasteiger partial charge in [-0.2, -0.15) is 5.10 Å². The highest BCUT2D eigenvalue weighted by molar-refractivity contribution is 5.94. The van der Waals surface area contributed by atoms with Crippen molar-refractivity contribution < 1.29 is 9.18 Å². The third-order valence-corrected chi connectivity index (χ3v) is 4.44. The summed E-state index contributed by atoms with van der Waals surface area (Å²) in [6.45, 7) is 4.52. The largest absolute Gasteiger partial charge is 0.332 e. The number of halogens is 1. The number of rotatable bonds is 6. The van der Waals surface area contributed by atoms with Crippen LogP contribution in [0.25, 0.3) is 5.69 Å². The van der Waals surface area contributed by atoms with Crippen molar-refractivity contribution in [2.24, 2.45) is 0 Å². The Kier molecular flexibility index (Phi) is 5.41. The molecule has 0 aliphatic carbocycles. The van der Waals surface area contributed by atoms with Crippen LogP contribution in [0.1, 0.15) is 36.2 Å². The molecule has 134 valence electrons. The molecular weight excluding hydrogens is 331 g/mol. The maximum absolute atomic E-state index is 14.5. The van der Waals surface area contributed by atoms with E-state index in [0.29, 0.717) is 12.1 Å². The number of carbonyl (C=O) groups excluding carboxylic acids is 1. The molecule has 3 aromatic rings. The van der Waals surface area contributed by atoms with Crippen LogP contribution in [0.4, 0.5) is 4.39 Å². The molecule has 0 unspecified atom stereocenters. The molecule has 0 saturated carbocycles. The lowest BCUT2D eigenvalue weighted by Gasteiger charge is -2.29. The molecule has 1 heterocycles. The first-order valence-corrected chi connectivity index (χ1v) is 8.59. The van der Waals surface area contributed by atoms with Crippen LogP contribution < -0.4 is 0 Å². The van der Waals surface area contributed by atoms with Crippen molar-refractivity contribution in [3.63, 3.8) is 0 Å². The number of nitrogens with zero attached hydrogens (tertiary/aromatic N) is 4. The second-order valence-corrected chi connectivity index (χ2v) is 6.18. The summed E-state index contributed by atoms with van der Waals surface area (Å²) in [7, 11) is 0. The van der Waals surface area contributed by atoms with Crippen molar-refractivity contribution in [2.75, 3.05) is 0 Å². The third-order valence-electron chi connectivity index (χ3n) is 4.44. The molecule has 5 nitrogen and oxygen atoms in total. The van der Waals surface area contributed by atoms with Gasteiger partial charge in [-0.15, -0.1) is 0 Å². The molecule has 0 N–H and O–H groups in total. The summed E-state index contributed by atoms with van der Waals surface area (Å²) in [5.41, 5.74) is 1.63. The molecule has 0 radical (unpaired) electrons. The van der Waals surface area contributed by atoms with E-state index in [1.165, 1.54) is 23.4 Å². The zero-order chi connectivity index (χ0) is 18.5. The van der Waals surface area contributed by atoms with E-state index >= 15 is 0 Å². The van der Waals surface area contributed by atoms with E-state index in [9.17, 15) is 9.18 Å². The first-order valence-electron chi connectivity index (χ1n) is 8.59.